The molecule has 0 spiro atoms. The van der Waals surface area contributed by atoms with E-state index in [0.717, 1.165) is 25.2 Å². The van der Waals surface area contributed by atoms with Gasteiger partial charge in [-0.2, -0.15) is 0 Å². The van der Waals surface area contributed by atoms with Gasteiger partial charge < -0.3 is 15.5 Å². The minimum atomic E-state index is 0.0127. The van der Waals surface area contributed by atoms with Gasteiger partial charge in [0, 0.05) is 31.0 Å². The van der Waals surface area contributed by atoms with E-state index in [4.69, 9.17) is 0 Å². The summed E-state index contributed by atoms with van der Waals surface area (Å²) in [6.45, 7) is 7.23. The van der Waals surface area contributed by atoms with Gasteiger partial charge in [0.05, 0.1) is 6.54 Å². The first-order valence-electron chi connectivity index (χ1n) is 8.62. The van der Waals surface area contributed by atoms with Crippen LogP contribution in [0.4, 0.5) is 11.4 Å². The predicted molar refractivity (Wildman–Crippen MR) is 102 cm³/mol. The molecule has 2 aromatic carbocycles. The molecule has 1 amide bonds. The number of hydrogen-bond acceptors (Lipinski definition) is 3. The van der Waals surface area contributed by atoms with Crippen LogP contribution in [0.3, 0.4) is 0 Å². The summed E-state index contributed by atoms with van der Waals surface area (Å²) in [5.74, 6) is 0.0127. The number of carbonyl (C=O) groups is 1. The first kappa shape index (κ1) is 17.9. The Balaban J connectivity index is 1.71. The van der Waals surface area contributed by atoms with Crippen molar-refractivity contribution in [3.05, 3.63) is 60.2 Å². The molecule has 0 radical (unpaired) electrons. The molecule has 0 aliphatic rings. The van der Waals surface area contributed by atoms with Crippen molar-refractivity contribution in [3.63, 3.8) is 0 Å². The van der Waals surface area contributed by atoms with Crippen molar-refractivity contribution < 1.29 is 4.79 Å². The molecule has 0 unspecified atom stereocenters. The quantitative estimate of drug-likeness (QED) is 0.743. The summed E-state index contributed by atoms with van der Waals surface area (Å²) in [4.78, 5) is 14.2. The zero-order valence-corrected chi connectivity index (χ0v) is 14.6. The average molecular weight is 325 g/mol. The highest BCUT2D eigenvalue weighted by Crippen LogP contribution is 2.17. The maximum atomic E-state index is 11.9. The Morgan fingerprint density at radius 3 is 2.25 bits per heavy atom. The molecular formula is C20H27N3O. The standard InChI is InChI=1S/C20H27N3O/c1-3-23(4-2)19-12-10-18(11-13-19)22-16-20(24)21-15-14-17-8-6-5-7-9-17/h5-13,22H,3-4,14-16H2,1-2H3,(H,21,24). The number of amides is 1. The molecular weight excluding hydrogens is 298 g/mol. The predicted octanol–water partition coefficient (Wildman–Crippen LogP) is 3.30. The number of nitrogens with zero attached hydrogens (tertiary/aromatic N) is 1. The second kappa shape index (κ2) is 9.60. The van der Waals surface area contributed by atoms with Gasteiger partial charge >= 0.3 is 0 Å². The lowest BCUT2D eigenvalue weighted by Crippen LogP contribution is -2.31. The van der Waals surface area contributed by atoms with Gasteiger partial charge in [-0.3, -0.25) is 4.79 Å². The van der Waals surface area contributed by atoms with Crippen molar-refractivity contribution in [1.29, 1.82) is 0 Å². The number of benzene rings is 2. The number of anilines is 2. The topological polar surface area (TPSA) is 44.4 Å². The van der Waals surface area contributed by atoms with Gasteiger partial charge in [0.25, 0.3) is 0 Å². The lowest BCUT2D eigenvalue weighted by atomic mass is 10.1. The van der Waals surface area contributed by atoms with Crippen LogP contribution in [0.2, 0.25) is 0 Å². The molecule has 0 bridgehead atoms. The SMILES string of the molecule is CCN(CC)c1ccc(NCC(=O)NCCc2ccccc2)cc1. The largest absolute Gasteiger partial charge is 0.376 e. The number of carbonyl (C=O) groups excluding carboxylic acids is 1. The van der Waals surface area contributed by atoms with E-state index in [1.54, 1.807) is 0 Å². The van der Waals surface area contributed by atoms with Gasteiger partial charge in [-0.1, -0.05) is 30.3 Å². The number of nitrogens with one attached hydrogen (secondary N) is 2. The Morgan fingerprint density at radius 2 is 1.62 bits per heavy atom. The minimum absolute atomic E-state index is 0.0127. The van der Waals surface area contributed by atoms with E-state index < -0.39 is 0 Å². The molecule has 0 fully saturated rings. The molecule has 4 nitrogen and oxygen atoms in total. The molecule has 0 aliphatic heterocycles. The minimum Gasteiger partial charge on any atom is -0.376 e. The lowest BCUT2D eigenvalue weighted by molar-refractivity contribution is -0.119. The third-order valence-electron chi connectivity index (χ3n) is 4.03. The van der Waals surface area contributed by atoms with Crippen LogP contribution in [0.5, 0.6) is 0 Å². The van der Waals surface area contributed by atoms with Crippen LogP contribution >= 0.6 is 0 Å². The molecule has 0 heterocycles. The third-order valence-corrected chi connectivity index (χ3v) is 4.03. The zero-order valence-electron chi connectivity index (χ0n) is 14.6. The molecule has 2 aromatic rings. The molecule has 24 heavy (non-hydrogen) atoms. The van der Waals surface area contributed by atoms with Crippen molar-refractivity contribution in [2.45, 2.75) is 20.3 Å². The van der Waals surface area contributed by atoms with Crippen LogP contribution in [-0.2, 0) is 11.2 Å². The van der Waals surface area contributed by atoms with Gasteiger partial charge in [0.15, 0.2) is 0 Å². The number of rotatable bonds is 9. The summed E-state index contributed by atoms with van der Waals surface area (Å²) in [7, 11) is 0. The third kappa shape index (κ3) is 5.61. The Morgan fingerprint density at radius 1 is 0.958 bits per heavy atom. The van der Waals surface area contributed by atoms with Crippen LogP contribution in [0, 0.1) is 0 Å². The van der Waals surface area contributed by atoms with Crippen molar-refractivity contribution in [2.24, 2.45) is 0 Å². The summed E-state index contributed by atoms with van der Waals surface area (Å²) in [6, 6.07) is 18.4. The Labute approximate surface area is 144 Å². The van der Waals surface area contributed by atoms with Crippen molar-refractivity contribution in [2.75, 3.05) is 36.4 Å². The molecule has 2 rings (SSSR count). The first-order valence-corrected chi connectivity index (χ1v) is 8.62. The van der Waals surface area contributed by atoms with E-state index in [-0.39, 0.29) is 5.91 Å². The maximum Gasteiger partial charge on any atom is 0.239 e. The monoisotopic (exact) mass is 325 g/mol. The van der Waals surface area contributed by atoms with Gasteiger partial charge in [0.1, 0.15) is 0 Å². The molecule has 0 atom stereocenters. The van der Waals surface area contributed by atoms with E-state index in [2.05, 4.69) is 53.6 Å². The highest BCUT2D eigenvalue weighted by atomic mass is 16.1. The fraction of sp³-hybridized carbons (Fsp3) is 0.350. The Bertz CT molecular complexity index is 607. The second-order valence-electron chi connectivity index (χ2n) is 5.66. The summed E-state index contributed by atoms with van der Waals surface area (Å²) in [5.41, 5.74) is 3.40. The van der Waals surface area contributed by atoms with Crippen molar-refractivity contribution in [3.8, 4) is 0 Å². The summed E-state index contributed by atoms with van der Waals surface area (Å²) in [6.07, 6.45) is 0.852. The Hall–Kier alpha value is -2.49. The van der Waals surface area contributed by atoms with Crippen LogP contribution in [0.1, 0.15) is 19.4 Å². The molecule has 0 saturated heterocycles. The van der Waals surface area contributed by atoms with E-state index in [0.29, 0.717) is 13.1 Å². The van der Waals surface area contributed by atoms with Gasteiger partial charge in [-0.05, 0) is 50.1 Å². The highest BCUT2D eigenvalue weighted by Gasteiger charge is 2.03. The molecule has 0 aromatic heterocycles. The lowest BCUT2D eigenvalue weighted by Gasteiger charge is -2.21. The summed E-state index contributed by atoms with van der Waals surface area (Å²) in [5, 5.41) is 6.10. The fourth-order valence-corrected chi connectivity index (χ4v) is 2.61. The summed E-state index contributed by atoms with van der Waals surface area (Å²) >= 11 is 0. The average Bonchev–Trinajstić information content (AvgIpc) is 2.63. The number of hydrogen-bond donors (Lipinski definition) is 2. The molecule has 4 heteroatoms. The normalized spacial score (nSPS) is 10.2. The van der Waals surface area contributed by atoms with Crippen molar-refractivity contribution >= 4 is 17.3 Å². The van der Waals surface area contributed by atoms with Gasteiger partial charge in [-0.25, -0.2) is 0 Å². The van der Waals surface area contributed by atoms with E-state index >= 15 is 0 Å². The first-order chi connectivity index (χ1) is 11.7. The van der Waals surface area contributed by atoms with Crippen LogP contribution in [-0.4, -0.2) is 32.1 Å². The zero-order chi connectivity index (χ0) is 17.2. The van der Waals surface area contributed by atoms with E-state index in [9.17, 15) is 4.79 Å². The Kier molecular flexibility index (Phi) is 7.15. The molecule has 128 valence electrons. The highest BCUT2D eigenvalue weighted by molar-refractivity contribution is 5.80. The smallest absolute Gasteiger partial charge is 0.239 e. The molecule has 0 aliphatic carbocycles. The van der Waals surface area contributed by atoms with Crippen LogP contribution < -0.4 is 15.5 Å². The molecule has 0 saturated carbocycles. The van der Waals surface area contributed by atoms with Crippen LogP contribution in [0.25, 0.3) is 0 Å². The van der Waals surface area contributed by atoms with E-state index in [1.165, 1.54) is 11.3 Å². The summed E-state index contributed by atoms with van der Waals surface area (Å²) < 4.78 is 0. The van der Waals surface area contributed by atoms with Gasteiger partial charge in [0.2, 0.25) is 5.91 Å². The van der Waals surface area contributed by atoms with Crippen molar-refractivity contribution in [1.82, 2.24) is 5.32 Å². The fourth-order valence-electron chi connectivity index (χ4n) is 2.61. The van der Waals surface area contributed by atoms with Crippen LogP contribution in [0.15, 0.2) is 54.6 Å². The second-order valence-corrected chi connectivity index (χ2v) is 5.66. The van der Waals surface area contributed by atoms with Gasteiger partial charge in [-0.15, -0.1) is 0 Å². The maximum absolute atomic E-state index is 11.9. The van der Waals surface area contributed by atoms with E-state index in [1.807, 2.05) is 30.3 Å². The molecule has 2 N–H and O–H groups in total.